The zero-order chi connectivity index (χ0) is 11.2. The molecule has 0 aliphatic rings. The lowest BCUT2D eigenvalue weighted by Crippen LogP contribution is -2.39. The Balaban J connectivity index is 4.36. The minimum Gasteiger partial charge on any atom is -0.358 e. The average molecular weight is 219 g/mol. The van der Waals surface area contributed by atoms with Gasteiger partial charge in [-0.3, -0.25) is 4.79 Å². The molecular weight excluding hydrogens is 206 g/mol. The highest BCUT2D eigenvalue weighted by molar-refractivity contribution is 7.90. The molecule has 0 heterocycles. The fraction of sp³-hybridized carbons (Fsp3) is 0.714. The molecule has 0 aromatic heterocycles. The van der Waals surface area contributed by atoms with Gasteiger partial charge in [-0.2, -0.15) is 5.26 Å². The lowest BCUT2D eigenvalue weighted by Gasteiger charge is -2.08. The van der Waals surface area contributed by atoms with Crippen LogP contribution in [0.5, 0.6) is 0 Å². The summed E-state index contributed by atoms with van der Waals surface area (Å²) < 4.78 is 24.6. The summed E-state index contributed by atoms with van der Waals surface area (Å²) in [5.74, 6) is -0.443. The Morgan fingerprint density at radius 2 is 2.14 bits per heavy atom. The molecule has 0 aliphatic heterocycles. The van der Waals surface area contributed by atoms with Gasteiger partial charge in [0.1, 0.15) is 0 Å². The van der Waals surface area contributed by atoms with Crippen molar-refractivity contribution >= 4 is 15.9 Å². The fourth-order valence-electron chi connectivity index (χ4n) is 0.735. The predicted molar refractivity (Wildman–Crippen MR) is 50.7 cm³/mol. The number of carbonyl (C=O) groups excluding carboxylic acids is 1. The van der Waals surface area contributed by atoms with Crippen molar-refractivity contribution in [2.24, 2.45) is 0 Å². The zero-order valence-corrected chi connectivity index (χ0v) is 8.89. The largest absolute Gasteiger partial charge is 0.358 e. The zero-order valence-electron chi connectivity index (χ0n) is 8.07. The maximum atomic E-state index is 11.3. The first-order valence-electron chi connectivity index (χ1n) is 4.06. The first kappa shape index (κ1) is 12.9. The van der Waals surface area contributed by atoms with Gasteiger partial charge in [0, 0.05) is 7.05 Å². The van der Waals surface area contributed by atoms with Gasteiger partial charge in [-0.05, 0) is 6.42 Å². The third-order valence-electron chi connectivity index (χ3n) is 1.60. The Hall–Kier alpha value is -1.13. The van der Waals surface area contributed by atoms with E-state index in [1.165, 1.54) is 7.05 Å². The second-order valence-electron chi connectivity index (χ2n) is 2.57. The van der Waals surface area contributed by atoms with Crippen LogP contribution in [0.4, 0.5) is 0 Å². The smallest absolute Gasteiger partial charge is 0.234 e. The van der Waals surface area contributed by atoms with Gasteiger partial charge in [-0.25, -0.2) is 13.1 Å². The first-order valence-corrected chi connectivity index (χ1v) is 5.61. The molecule has 0 saturated carbocycles. The van der Waals surface area contributed by atoms with Crippen molar-refractivity contribution in [3.63, 3.8) is 0 Å². The normalized spacial score (nSPS) is 12.9. The van der Waals surface area contributed by atoms with Gasteiger partial charge in [0.25, 0.3) is 0 Å². The minimum absolute atomic E-state index is 0.194. The number of rotatable bonds is 5. The van der Waals surface area contributed by atoms with Crippen LogP contribution in [-0.2, 0) is 14.8 Å². The SMILES string of the molecule is CCC(C#N)S(=O)(=O)NCC(=O)NC. The number of hydrogen-bond acceptors (Lipinski definition) is 4. The van der Waals surface area contributed by atoms with E-state index in [0.717, 1.165) is 0 Å². The van der Waals surface area contributed by atoms with Crippen LogP contribution in [0, 0.1) is 11.3 Å². The Kier molecular flexibility index (Phi) is 5.12. The van der Waals surface area contributed by atoms with E-state index >= 15 is 0 Å². The first-order chi connectivity index (χ1) is 6.47. The number of likely N-dealkylation sites (N-methyl/N-ethyl adjacent to an activating group) is 1. The van der Waals surface area contributed by atoms with E-state index in [0.29, 0.717) is 0 Å². The van der Waals surface area contributed by atoms with E-state index in [1.807, 2.05) is 4.72 Å². The van der Waals surface area contributed by atoms with E-state index in [1.54, 1.807) is 13.0 Å². The standard InChI is InChI=1S/C7H13N3O3S/c1-3-6(4-8)14(12,13)10-5-7(11)9-2/h6,10H,3,5H2,1-2H3,(H,9,11). The topological polar surface area (TPSA) is 99.1 Å². The van der Waals surface area contributed by atoms with Crippen LogP contribution < -0.4 is 10.0 Å². The molecule has 0 aromatic rings. The Morgan fingerprint density at radius 3 is 2.50 bits per heavy atom. The van der Waals surface area contributed by atoms with Gasteiger partial charge in [-0.15, -0.1) is 0 Å². The van der Waals surface area contributed by atoms with Crippen molar-refractivity contribution in [3.8, 4) is 6.07 Å². The maximum Gasteiger partial charge on any atom is 0.234 e. The van der Waals surface area contributed by atoms with E-state index in [4.69, 9.17) is 5.26 Å². The molecule has 0 fully saturated rings. The van der Waals surface area contributed by atoms with Crippen LogP contribution in [-0.4, -0.2) is 33.2 Å². The third-order valence-corrected chi connectivity index (χ3v) is 3.34. The maximum absolute atomic E-state index is 11.3. The summed E-state index contributed by atoms with van der Waals surface area (Å²) in [7, 11) is -2.30. The molecule has 0 rings (SSSR count). The van der Waals surface area contributed by atoms with E-state index in [-0.39, 0.29) is 13.0 Å². The monoisotopic (exact) mass is 219 g/mol. The summed E-state index contributed by atoms with van der Waals surface area (Å²) in [6.07, 6.45) is 0.194. The van der Waals surface area contributed by atoms with Gasteiger partial charge in [0.2, 0.25) is 15.9 Å². The molecule has 14 heavy (non-hydrogen) atoms. The highest BCUT2D eigenvalue weighted by atomic mass is 32.2. The lowest BCUT2D eigenvalue weighted by molar-refractivity contribution is -0.119. The van der Waals surface area contributed by atoms with Crippen LogP contribution in [0.1, 0.15) is 13.3 Å². The van der Waals surface area contributed by atoms with Gasteiger partial charge >= 0.3 is 0 Å². The summed E-state index contributed by atoms with van der Waals surface area (Å²) in [5, 5.41) is 9.67. The molecular formula is C7H13N3O3S. The molecule has 1 amide bonds. The third kappa shape index (κ3) is 3.72. The molecule has 0 aromatic carbocycles. The van der Waals surface area contributed by atoms with Crippen molar-refractivity contribution in [2.45, 2.75) is 18.6 Å². The van der Waals surface area contributed by atoms with Crippen LogP contribution in [0.25, 0.3) is 0 Å². The molecule has 1 unspecified atom stereocenters. The fourth-order valence-corrected chi connectivity index (χ4v) is 1.85. The minimum atomic E-state index is -3.70. The van der Waals surface area contributed by atoms with Crippen LogP contribution >= 0.6 is 0 Å². The molecule has 0 bridgehead atoms. The molecule has 7 heteroatoms. The van der Waals surface area contributed by atoms with Gasteiger partial charge in [-0.1, -0.05) is 6.92 Å². The van der Waals surface area contributed by atoms with Gasteiger partial charge in [0.05, 0.1) is 12.6 Å². The Bertz CT molecular complexity index is 331. The highest BCUT2D eigenvalue weighted by Gasteiger charge is 2.23. The van der Waals surface area contributed by atoms with E-state index in [9.17, 15) is 13.2 Å². The number of nitrogens with zero attached hydrogens (tertiary/aromatic N) is 1. The number of hydrogen-bond donors (Lipinski definition) is 2. The molecule has 1 atom stereocenters. The van der Waals surface area contributed by atoms with Gasteiger partial charge < -0.3 is 5.32 Å². The molecule has 0 spiro atoms. The molecule has 0 aliphatic carbocycles. The van der Waals surface area contributed by atoms with Crippen molar-refractivity contribution in [3.05, 3.63) is 0 Å². The predicted octanol–water partition coefficient (Wildman–Crippen LogP) is -1.05. The Morgan fingerprint density at radius 1 is 1.57 bits per heavy atom. The summed E-state index contributed by atoms with van der Waals surface area (Å²) >= 11 is 0. The van der Waals surface area contributed by atoms with Crippen LogP contribution in [0.3, 0.4) is 0 Å². The summed E-state index contributed by atoms with van der Waals surface area (Å²) in [5.41, 5.74) is 0. The number of amides is 1. The summed E-state index contributed by atoms with van der Waals surface area (Å²) in [4.78, 5) is 10.7. The number of carbonyl (C=O) groups is 1. The lowest BCUT2D eigenvalue weighted by atomic mass is 10.4. The van der Waals surface area contributed by atoms with Crippen LogP contribution in [0.2, 0.25) is 0 Å². The Labute approximate surface area is 83.3 Å². The highest BCUT2D eigenvalue weighted by Crippen LogP contribution is 2.01. The number of nitrogens with one attached hydrogen (secondary N) is 2. The molecule has 0 radical (unpaired) electrons. The summed E-state index contributed by atoms with van der Waals surface area (Å²) in [6, 6.07) is 1.65. The van der Waals surface area contributed by atoms with Crippen molar-refractivity contribution < 1.29 is 13.2 Å². The van der Waals surface area contributed by atoms with E-state index < -0.39 is 21.2 Å². The van der Waals surface area contributed by atoms with Crippen molar-refractivity contribution in [1.82, 2.24) is 10.0 Å². The van der Waals surface area contributed by atoms with Crippen molar-refractivity contribution in [2.75, 3.05) is 13.6 Å². The molecule has 80 valence electrons. The second kappa shape index (κ2) is 5.57. The average Bonchev–Trinajstić information content (AvgIpc) is 2.15. The number of sulfonamides is 1. The van der Waals surface area contributed by atoms with E-state index in [2.05, 4.69) is 5.32 Å². The number of nitriles is 1. The quantitative estimate of drug-likeness (QED) is 0.616. The second-order valence-corrected chi connectivity index (χ2v) is 4.51. The van der Waals surface area contributed by atoms with Gasteiger partial charge in [0.15, 0.2) is 5.25 Å². The molecule has 2 N–H and O–H groups in total. The van der Waals surface area contributed by atoms with Crippen molar-refractivity contribution in [1.29, 1.82) is 5.26 Å². The molecule has 0 saturated heterocycles. The summed E-state index contributed by atoms with van der Waals surface area (Å²) in [6.45, 7) is 1.25. The molecule has 6 nitrogen and oxygen atoms in total. The van der Waals surface area contributed by atoms with Crippen LogP contribution in [0.15, 0.2) is 0 Å².